The molecule has 0 N–H and O–H groups in total. The van der Waals surface area contributed by atoms with Gasteiger partial charge in [-0.2, -0.15) is 11.6 Å². The molecule has 0 aliphatic rings. The molecule has 0 radical (unpaired) electrons. The Hall–Kier alpha value is -0.626. The number of hydrogen-bond acceptors (Lipinski definition) is 0. The van der Waals surface area contributed by atoms with Crippen LogP contribution >= 0.6 is 0 Å². The maximum Gasteiger partial charge on any atom is 4.00 e. The summed E-state index contributed by atoms with van der Waals surface area (Å²) in [6.07, 6.45) is 7.26. The molecule has 0 atom stereocenters. The van der Waals surface area contributed by atoms with E-state index in [2.05, 4.69) is 92.7 Å². The Morgan fingerprint density at radius 2 is 1.17 bits per heavy atom. The van der Waals surface area contributed by atoms with Crippen LogP contribution in [0.4, 0.5) is 0 Å². The Balaban J connectivity index is 0. The molecule has 3 aromatic rings. The molecular formula is C26H31Cl3Ti. The molecule has 0 bridgehead atoms. The number of benzene rings is 2. The zero-order valence-electron chi connectivity index (χ0n) is 17.9. The molecule has 0 aromatic heterocycles. The smallest absolute Gasteiger partial charge is 1.00 e. The minimum absolute atomic E-state index is 0. The van der Waals surface area contributed by atoms with Crippen molar-refractivity contribution >= 4 is 0 Å². The summed E-state index contributed by atoms with van der Waals surface area (Å²) < 4.78 is 0. The van der Waals surface area contributed by atoms with Crippen molar-refractivity contribution < 1.29 is 58.9 Å². The molecule has 160 valence electrons. The number of halogens is 3. The van der Waals surface area contributed by atoms with Gasteiger partial charge in [0.05, 0.1) is 0 Å². The van der Waals surface area contributed by atoms with Crippen LogP contribution in [0, 0.1) is 0 Å². The van der Waals surface area contributed by atoms with Gasteiger partial charge in [-0.15, -0.1) is 5.56 Å². The van der Waals surface area contributed by atoms with Crippen molar-refractivity contribution in [1.82, 2.24) is 0 Å². The van der Waals surface area contributed by atoms with E-state index in [1.54, 1.807) is 0 Å². The second kappa shape index (κ2) is 16.1. The molecule has 3 rings (SSSR count). The van der Waals surface area contributed by atoms with Crippen LogP contribution in [0.15, 0.2) is 78.9 Å². The normalized spacial score (nSPS) is 10.1. The van der Waals surface area contributed by atoms with Crippen molar-refractivity contribution in [3.05, 3.63) is 101 Å². The Kier molecular flexibility index (Phi) is 16.9. The molecule has 4 heteroatoms. The molecule has 3 aromatic carbocycles. The van der Waals surface area contributed by atoms with E-state index in [1.807, 2.05) is 0 Å². The molecule has 0 fully saturated rings. The van der Waals surface area contributed by atoms with Crippen LogP contribution in [0.5, 0.6) is 0 Å². The number of aryl methyl sites for hydroxylation is 1. The summed E-state index contributed by atoms with van der Waals surface area (Å²) in [6, 6.07) is 29.3. The van der Waals surface area contributed by atoms with Gasteiger partial charge < -0.3 is 37.2 Å². The molecule has 0 amide bonds. The molecule has 0 heterocycles. The number of unbranched alkanes of at least 4 members (excludes halogenated alkanes) is 2. The van der Waals surface area contributed by atoms with E-state index in [0.29, 0.717) is 0 Å². The standard InChI is InChI=1S/C26H31.3ClH.Ti/c1-3-5-14-22-15-13-20-25(22)26(21-6-4-2,23-16-9-7-10-17-23)24-18-11-8-12-19-24;;;;/h7-13,15-20H,3-6,14,21H2,1-2H3;3*1H;/q-1;;;;+4/p-3. The van der Waals surface area contributed by atoms with Gasteiger partial charge in [0, 0.05) is 5.41 Å². The van der Waals surface area contributed by atoms with Crippen molar-refractivity contribution in [2.75, 3.05) is 0 Å². The van der Waals surface area contributed by atoms with E-state index in [1.165, 1.54) is 54.4 Å². The summed E-state index contributed by atoms with van der Waals surface area (Å²) in [5, 5.41) is 0. The first kappa shape index (κ1) is 31.6. The quantitative estimate of drug-likeness (QED) is 0.244. The van der Waals surface area contributed by atoms with Gasteiger partial charge in [-0.25, -0.2) is 12.1 Å². The summed E-state index contributed by atoms with van der Waals surface area (Å²) in [5.74, 6) is 0. The SMILES string of the molecule is CCCCc1ccc[c-]1C(CCCC)(c1ccccc1)c1ccccc1.[Cl-].[Cl-].[Cl-].[Ti+4]. The zero-order chi connectivity index (χ0) is 18.2. The largest absolute Gasteiger partial charge is 4.00 e. The van der Waals surface area contributed by atoms with E-state index in [4.69, 9.17) is 0 Å². The third-order valence-corrected chi connectivity index (χ3v) is 5.60. The van der Waals surface area contributed by atoms with Gasteiger partial charge in [0.15, 0.2) is 0 Å². The first-order chi connectivity index (χ1) is 12.8. The molecule has 0 nitrogen and oxygen atoms in total. The Labute approximate surface area is 216 Å². The summed E-state index contributed by atoms with van der Waals surface area (Å²) in [7, 11) is 0. The average Bonchev–Trinajstić information content (AvgIpc) is 3.18. The van der Waals surface area contributed by atoms with Crippen LogP contribution in [-0.2, 0) is 33.6 Å². The monoisotopic (exact) mass is 496 g/mol. The van der Waals surface area contributed by atoms with Crippen LogP contribution in [0.1, 0.15) is 68.2 Å². The van der Waals surface area contributed by atoms with Crippen molar-refractivity contribution in [2.45, 2.75) is 57.8 Å². The second-order valence-electron chi connectivity index (χ2n) is 7.31. The summed E-state index contributed by atoms with van der Waals surface area (Å²) in [6.45, 7) is 4.57. The Bertz CT molecular complexity index is 745. The van der Waals surface area contributed by atoms with Gasteiger partial charge in [0.2, 0.25) is 0 Å². The predicted octanol–water partition coefficient (Wildman–Crippen LogP) is -1.72. The zero-order valence-corrected chi connectivity index (χ0v) is 21.7. The fourth-order valence-electron chi connectivity index (χ4n) is 4.25. The van der Waals surface area contributed by atoms with E-state index in [0.717, 1.165) is 6.42 Å². The van der Waals surface area contributed by atoms with Crippen LogP contribution in [0.2, 0.25) is 0 Å². The van der Waals surface area contributed by atoms with Gasteiger partial charge in [0.25, 0.3) is 0 Å². The van der Waals surface area contributed by atoms with Gasteiger partial charge in [-0.1, -0.05) is 107 Å². The Morgan fingerprint density at radius 3 is 1.63 bits per heavy atom. The third-order valence-electron chi connectivity index (χ3n) is 5.60. The predicted molar refractivity (Wildman–Crippen MR) is 113 cm³/mol. The van der Waals surface area contributed by atoms with Gasteiger partial charge in [-0.3, -0.25) is 0 Å². The molecule has 0 aliphatic heterocycles. The van der Waals surface area contributed by atoms with Gasteiger partial charge in [0.1, 0.15) is 0 Å². The molecule has 30 heavy (non-hydrogen) atoms. The van der Waals surface area contributed by atoms with Crippen LogP contribution in [0.25, 0.3) is 0 Å². The fourth-order valence-corrected chi connectivity index (χ4v) is 4.25. The summed E-state index contributed by atoms with van der Waals surface area (Å²) in [5.41, 5.74) is 5.82. The summed E-state index contributed by atoms with van der Waals surface area (Å²) >= 11 is 0. The third kappa shape index (κ3) is 6.94. The average molecular weight is 498 g/mol. The van der Waals surface area contributed by atoms with Gasteiger partial charge in [-0.05, 0) is 17.5 Å². The molecular weight excluding hydrogens is 467 g/mol. The Morgan fingerprint density at radius 1 is 0.667 bits per heavy atom. The van der Waals surface area contributed by atoms with E-state index in [9.17, 15) is 0 Å². The molecule has 0 saturated heterocycles. The van der Waals surface area contributed by atoms with Crippen molar-refractivity contribution in [3.63, 3.8) is 0 Å². The van der Waals surface area contributed by atoms with Crippen LogP contribution in [0.3, 0.4) is 0 Å². The fraction of sp³-hybridized carbons (Fsp3) is 0.346. The summed E-state index contributed by atoms with van der Waals surface area (Å²) in [4.78, 5) is 0. The van der Waals surface area contributed by atoms with Crippen molar-refractivity contribution in [2.24, 2.45) is 0 Å². The van der Waals surface area contributed by atoms with Gasteiger partial charge >= 0.3 is 21.7 Å². The minimum atomic E-state index is -0.0505. The van der Waals surface area contributed by atoms with E-state index in [-0.39, 0.29) is 64.4 Å². The van der Waals surface area contributed by atoms with E-state index >= 15 is 0 Å². The maximum absolute atomic E-state index is 2.38. The molecule has 0 aliphatic carbocycles. The maximum atomic E-state index is 2.38. The van der Waals surface area contributed by atoms with Crippen LogP contribution in [-0.4, -0.2) is 0 Å². The molecule has 0 spiro atoms. The molecule has 0 saturated carbocycles. The second-order valence-corrected chi connectivity index (χ2v) is 7.31. The topological polar surface area (TPSA) is 0 Å². The first-order valence-corrected chi connectivity index (χ1v) is 10.2. The molecule has 0 unspecified atom stereocenters. The minimum Gasteiger partial charge on any atom is -1.00 e. The first-order valence-electron chi connectivity index (χ1n) is 10.2. The van der Waals surface area contributed by atoms with E-state index < -0.39 is 0 Å². The number of hydrogen-bond donors (Lipinski definition) is 0. The van der Waals surface area contributed by atoms with Crippen LogP contribution < -0.4 is 37.2 Å². The van der Waals surface area contributed by atoms with Crippen molar-refractivity contribution in [1.29, 1.82) is 0 Å². The van der Waals surface area contributed by atoms with Crippen molar-refractivity contribution in [3.8, 4) is 0 Å². The number of rotatable bonds is 9.